The Morgan fingerprint density at radius 2 is 2.10 bits per heavy atom. The maximum atomic E-state index is 13.7. The summed E-state index contributed by atoms with van der Waals surface area (Å²) in [6.45, 7) is 0.240. The number of nitrogens with zero attached hydrogens (tertiary/aromatic N) is 2. The SMILES string of the molecule is O=[N+]([O-])c1c(F)cc(F)cc1N1CCCCCC1CO. The van der Waals surface area contributed by atoms with Gasteiger partial charge in [0.1, 0.15) is 11.5 Å². The van der Waals surface area contributed by atoms with Gasteiger partial charge in [-0.25, -0.2) is 4.39 Å². The van der Waals surface area contributed by atoms with Gasteiger partial charge in [0.25, 0.3) is 0 Å². The number of aliphatic hydroxyl groups is 1. The van der Waals surface area contributed by atoms with Crippen LogP contribution in [0.5, 0.6) is 0 Å². The van der Waals surface area contributed by atoms with Gasteiger partial charge in [-0.1, -0.05) is 12.8 Å². The molecule has 1 aromatic rings. The Hall–Kier alpha value is -1.76. The van der Waals surface area contributed by atoms with Crippen LogP contribution in [-0.2, 0) is 0 Å². The van der Waals surface area contributed by atoms with E-state index in [0.717, 1.165) is 25.3 Å². The lowest BCUT2D eigenvalue weighted by Crippen LogP contribution is -2.38. The molecule has 20 heavy (non-hydrogen) atoms. The van der Waals surface area contributed by atoms with Crippen molar-refractivity contribution in [2.45, 2.75) is 31.7 Å². The number of benzene rings is 1. The average Bonchev–Trinajstić information content (AvgIpc) is 2.61. The van der Waals surface area contributed by atoms with E-state index in [1.807, 2.05) is 0 Å². The minimum Gasteiger partial charge on any atom is -0.394 e. The highest BCUT2D eigenvalue weighted by atomic mass is 19.1. The van der Waals surface area contributed by atoms with E-state index in [9.17, 15) is 24.0 Å². The zero-order valence-electron chi connectivity index (χ0n) is 10.9. The van der Waals surface area contributed by atoms with Crippen LogP contribution in [0.1, 0.15) is 25.7 Å². The van der Waals surface area contributed by atoms with Crippen LogP contribution < -0.4 is 4.90 Å². The normalized spacial score (nSPS) is 19.8. The van der Waals surface area contributed by atoms with Gasteiger partial charge in [-0.05, 0) is 12.8 Å². The summed E-state index contributed by atoms with van der Waals surface area (Å²) >= 11 is 0. The third-order valence-corrected chi connectivity index (χ3v) is 3.59. The fourth-order valence-corrected chi connectivity index (χ4v) is 2.64. The molecule has 2 rings (SSSR count). The van der Waals surface area contributed by atoms with Gasteiger partial charge in [-0.15, -0.1) is 0 Å². The molecule has 0 amide bonds. The highest BCUT2D eigenvalue weighted by molar-refractivity contribution is 5.64. The molecule has 1 fully saturated rings. The molecule has 1 N–H and O–H groups in total. The van der Waals surface area contributed by atoms with Gasteiger partial charge in [-0.3, -0.25) is 10.1 Å². The summed E-state index contributed by atoms with van der Waals surface area (Å²) in [5.74, 6) is -2.05. The second-order valence-corrected chi connectivity index (χ2v) is 4.89. The number of aliphatic hydroxyl groups excluding tert-OH is 1. The molecule has 110 valence electrons. The second kappa shape index (κ2) is 6.13. The van der Waals surface area contributed by atoms with E-state index in [-0.39, 0.29) is 18.3 Å². The first kappa shape index (κ1) is 14.6. The van der Waals surface area contributed by atoms with Crippen molar-refractivity contribution in [1.82, 2.24) is 0 Å². The van der Waals surface area contributed by atoms with E-state index in [0.29, 0.717) is 19.0 Å². The van der Waals surface area contributed by atoms with E-state index in [2.05, 4.69) is 0 Å². The summed E-state index contributed by atoms with van der Waals surface area (Å²) in [4.78, 5) is 11.7. The van der Waals surface area contributed by atoms with E-state index in [4.69, 9.17) is 0 Å². The third-order valence-electron chi connectivity index (χ3n) is 3.59. The standard InChI is InChI=1S/C13H16F2N2O3/c14-9-6-11(15)13(17(19)20)12(7-9)16-5-3-1-2-4-10(16)8-18/h6-7,10,18H,1-5,8H2. The fourth-order valence-electron chi connectivity index (χ4n) is 2.64. The van der Waals surface area contributed by atoms with Crippen molar-refractivity contribution in [2.75, 3.05) is 18.1 Å². The monoisotopic (exact) mass is 286 g/mol. The zero-order valence-corrected chi connectivity index (χ0v) is 10.9. The molecular weight excluding hydrogens is 270 g/mol. The van der Waals surface area contributed by atoms with Crippen molar-refractivity contribution in [2.24, 2.45) is 0 Å². The lowest BCUT2D eigenvalue weighted by molar-refractivity contribution is -0.386. The van der Waals surface area contributed by atoms with E-state index in [1.165, 1.54) is 0 Å². The van der Waals surface area contributed by atoms with Crippen molar-refractivity contribution in [1.29, 1.82) is 0 Å². The average molecular weight is 286 g/mol. The van der Waals surface area contributed by atoms with Crippen molar-refractivity contribution in [3.05, 3.63) is 33.9 Å². The highest BCUT2D eigenvalue weighted by Crippen LogP contribution is 2.35. The summed E-state index contributed by atoms with van der Waals surface area (Å²) in [6, 6.07) is 1.13. The Balaban J connectivity index is 2.50. The Morgan fingerprint density at radius 1 is 1.35 bits per heavy atom. The molecule has 1 saturated heterocycles. The number of rotatable bonds is 3. The molecule has 0 aromatic heterocycles. The highest BCUT2D eigenvalue weighted by Gasteiger charge is 2.30. The number of hydrogen-bond donors (Lipinski definition) is 1. The van der Waals surface area contributed by atoms with Crippen molar-refractivity contribution in [3.8, 4) is 0 Å². The van der Waals surface area contributed by atoms with Gasteiger partial charge in [0.05, 0.1) is 17.6 Å². The van der Waals surface area contributed by atoms with Crippen LogP contribution in [0.25, 0.3) is 0 Å². The number of nitro benzene ring substituents is 1. The Kier molecular flexibility index (Phi) is 4.49. The van der Waals surface area contributed by atoms with Crippen LogP contribution in [0.4, 0.5) is 20.2 Å². The topological polar surface area (TPSA) is 66.6 Å². The summed E-state index contributed by atoms with van der Waals surface area (Å²) in [5, 5.41) is 20.4. The molecule has 1 aromatic carbocycles. The van der Waals surface area contributed by atoms with Crippen LogP contribution in [0, 0.1) is 21.7 Å². The minimum atomic E-state index is -1.19. The molecule has 0 aliphatic carbocycles. The maximum absolute atomic E-state index is 13.7. The fraction of sp³-hybridized carbons (Fsp3) is 0.538. The first-order valence-electron chi connectivity index (χ1n) is 6.55. The summed E-state index contributed by atoms with van der Waals surface area (Å²) in [5.41, 5.74) is -0.819. The van der Waals surface area contributed by atoms with Crippen LogP contribution in [-0.4, -0.2) is 29.2 Å². The number of anilines is 1. The molecular formula is C13H16F2N2O3. The van der Waals surface area contributed by atoms with E-state index in [1.54, 1.807) is 4.90 Å². The molecule has 0 saturated carbocycles. The predicted octanol–water partition coefficient (Wildman–Crippen LogP) is 2.61. The van der Waals surface area contributed by atoms with E-state index < -0.39 is 22.2 Å². The van der Waals surface area contributed by atoms with Crippen LogP contribution in [0.3, 0.4) is 0 Å². The molecule has 5 nitrogen and oxygen atoms in total. The van der Waals surface area contributed by atoms with Crippen molar-refractivity contribution >= 4 is 11.4 Å². The van der Waals surface area contributed by atoms with Crippen LogP contribution >= 0.6 is 0 Å². The predicted molar refractivity (Wildman–Crippen MR) is 69.7 cm³/mol. The smallest absolute Gasteiger partial charge is 0.328 e. The molecule has 7 heteroatoms. The zero-order chi connectivity index (χ0) is 14.7. The molecule has 0 bridgehead atoms. The van der Waals surface area contributed by atoms with Crippen LogP contribution in [0.2, 0.25) is 0 Å². The van der Waals surface area contributed by atoms with Gasteiger partial charge in [0.2, 0.25) is 5.82 Å². The first-order chi connectivity index (χ1) is 9.54. The lowest BCUT2D eigenvalue weighted by Gasteiger charge is -2.30. The number of halogens is 2. The van der Waals surface area contributed by atoms with Gasteiger partial charge < -0.3 is 10.0 Å². The van der Waals surface area contributed by atoms with Gasteiger partial charge >= 0.3 is 5.69 Å². The number of nitro groups is 1. The quantitative estimate of drug-likeness (QED) is 0.685. The molecule has 1 aliphatic rings. The number of hydrogen-bond acceptors (Lipinski definition) is 4. The minimum absolute atomic E-state index is 0.0894. The van der Waals surface area contributed by atoms with Crippen molar-refractivity contribution in [3.63, 3.8) is 0 Å². The summed E-state index contributed by atoms with van der Waals surface area (Å²) in [6.07, 6.45) is 3.23. The van der Waals surface area contributed by atoms with Gasteiger partial charge in [0.15, 0.2) is 0 Å². The molecule has 0 radical (unpaired) electrons. The molecule has 1 unspecified atom stereocenters. The molecule has 1 aliphatic heterocycles. The van der Waals surface area contributed by atoms with E-state index >= 15 is 0 Å². The van der Waals surface area contributed by atoms with Gasteiger partial charge in [-0.2, -0.15) is 4.39 Å². The Morgan fingerprint density at radius 3 is 2.75 bits per heavy atom. The Bertz CT molecular complexity index is 511. The van der Waals surface area contributed by atoms with Crippen molar-refractivity contribution < 1.29 is 18.8 Å². The summed E-state index contributed by atoms with van der Waals surface area (Å²) in [7, 11) is 0. The second-order valence-electron chi connectivity index (χ2n) is 4.89. The Labute approximate surface area is 115 Å². The summed E-state index contributed by atoms with van der Waals surface area (Å²) < 4.78 is 27.1. The third kappa shape index (κ3) is 2.87. The molecule has 1 heterocycles. The molecule has 0 spiro atoms. The van der Waals surface area contributed by atoms with Gasteiger partial charge in [0, 0.05) is 18.7 Å². The lowest BCUT2D eigenvalue weighted by atomic mass is 10.1. The first-order valence-corrected chi connectivity index (χ1v) is 6.55. The maximum Gasteiger partial charge on any atom is 0.328 e. The molecule has 1 atom stereocenters. The largest absolute Gasteiger partial charge is 0.394 e. The van der Waals surface area contributed by atoms with Crippen LogP contribution in [0.15, 0.2) is 12.1 Å².